The number of Topliss-reactive ketones (excluding diaryl/α,β-unsaturated/α-hetero) is 2. The number of benzene rings is 1. The van der Waals surface area contributed by atoms with Gasteiger partial charge in [-0.1, -0.05) is 18.7 Å². The van der Waals surface area contributed by atoms with Crippen molar-refractivity contribution >= 4 is 17.5 Å². The summed E-state index contributed by atoms with van der Waals surface area (Å²) in [6.07, 6.45) is -4.52. The molecule has 1 unspecified atom stereocenters. The Hall–Kier alpha value is -2.44. The summed E-state index contributed by atoms with van der Waals surface area (Å²) >= 11 is 0. The van der Waals surface area contributed by atoms with E-state index in [1.165, 1.54) is 13.8 Å². The van der Waals surface area contributed by atoms with E-state index in [4.69, 9.17) is 0 Å². The van der Waals surface area contributed by atoms with E-state index in [1.54, 1.807) is 0 Å². The zero-order chi connectivity index (χ0) is 18.7. The minimum absolute atomic E-state index is 0.173. The molecule has 1 atom stereocenters. The van der Waals surface area contributed by atoms with Crippen molar-refractivity contribution in [2.45, 2.75) is 25.9 Å². The molecular formula is C17H17F3O4. The van der Waals surface area contributed by atoms with E-state index in [2.05, 4.69) is 11.3 Å². The van der Waals surface area contributed by atoms with Crippen LogP contribution in [0.2, 0.25) is 0 Å². The molecule has 0 aliphatic rings. The van der Waals surface area contributed by atoms with E-state index in [0.717, 1.165) is 31.4 Å². The van der Waals surface area contributed by atoms with Gasteiger partial charge in [-0.3, -0.25) is 9.59 Å². The van der Waals surface area contributed by atoms with E-state index < -0.39 is 41.1 Å². The molecule has 7 heteroatoms. The molecule has 0 aliphatic carbocycles. The van der Waals surface area contributed by atoms with Crippen molar-refractivity contribution < 1.29 is 32.3 Å². The van der Waals surface area contributed by atoms with Gasteiger partial charge in [0.1, 0.15) is 11.6 Å². The van der Waals surface area contributed by atoms with Crippen LogP contribution in [0.3, 0.4) is 0 Å². The molecule has 1 aromatic carbocycles. The van der Waals surface area contributed by atoms with Crippen molar-refractivity contribution in [3.05, 3.63) is 47.5 Å². The van der Waals surface area contributed by atoms with E-state index in [9.17, 15) is 27.6 Å². The van der Waals surface area contributed by atoms with Crippen LogP contribution in [0.4, 0.5) is 13.2 Å². The van der Waals surface area contributed by atoms with Crippen molar-refractivity contribution in [2.75, 3.05) is 7.11 Å². The molecule has 0 bridgehead atoms. The summed E-state index contributed by atoms with van der Waals surface area (Å²) in [5.74, 6) is -4.19. The summed E-state index contributed by atoms with van der Waals surface area (Å²) in [7, 11) is 1.11. The Labute approximate surface area is 137 Å². The summed E-state index contributed by atoms with van der Waals surface area (Å²) in [5.41, 5.74) is -0.850. The summed E-state index contributed by atoms with van der Waals surface area (Å²) in [6, 6.07) is 3.90. The Morgan fingerprint density at radius 3 is 1.83 bits per heavy atom. The SMILES string of the molecule is C=C(C(=O)OC)C(c1ccc(C(F)(F)F)cc1)C(C(C)=O)C(C)=O. The lowest BCUT2D eigenvalue weighted by Crippen LogP contribution is -2.30. The van der Waals surface area contributed by atoms with Gasteiger partial charge in [-0.15, -0.1) is 0 Å². The summed E-state index contributed by atoms with van der Waals surface area (Å²) in [5, 5.41) is 0. The Morgan fingerprint density at radius 2 is 1.50 bits per heavy atom. The molecule has 0 heterocycles. The molecule has 24 heavy (non-hydrogen) atoms. The Balaban J connectivity index is 3.42. The molecular weight excluding hydrogens is 325 g/mol. The first-order valence-electron chi connectivity index (χ1n) is 6.95. The number of rotatable bonds is 6. The first kappa shape index (κ1) is 19.6. The third kappa shape index (κ3) is 4.31. The second-order valence-corrected chi connectivity index (χ2v) is 5.31. The van der Waals surface area contributed by atoms with Gasteiger partial charge in [-0.25, -0.2) is 4.79 Å². The fraction of sp³-hybridized carbons (Fsp3) is 0.353. The van der Waals surface area contributed by atoms with E-state index in [1.807, 2.05) is 0 Å². The van der Waals surface area contributed by atoms with Gasteiger partial charge in [-0.2, -0.15) is 13.2 Å². The van der Waals surface area contributed by atoms with E-state index in [0.29, 0.717) is 0 Å². The van der Waals surface area contributed by atoms with E-state index >= 15 is 0 Å². The second-order valence-electron chi connectivity index (χ2n) is 5.31. The Kier molecular flexibility index (Phi) is 6.06. The van der Waals surface area contributed by atoms with Crippen molar-refractivity contribution in [3.8, 4) is 0 Å². The molecule has 0 saturated carbocycles. The highest BCUT2D eigenvalue weighted by Gasteiger charge is 2.36. The zero-order valence-corrected chi connectivity index (χ0v) is 13.4. The van der Waals surface area contributed by atoms with Gasteiger partial charge >= 0.3 is 12.1 Å². The minimum Gasteiger partial charge on any atom is -0.466 e. The van der Waals surface area contributed by atoms with Crippen LogP contribution >= 0.6 is 0 Å². The standard InChI is InChI=1S/C17H17F3O4/c1-9(16(23)24-4)14(15(10(2)21)11(3)22)12-5-7-13(8-6-12)17(18,19)20/h5-8,14-15H,1H2,2-4H3. The third-order valence-corrected chi connectivity index (χ3v) is 3.63. The highest BCUT2D eigenvalue weighted by atomic mass is 19.4. The molecule has 0 spiro atoms. The van der Waals surface area contributed by atoms with Crippen molar-refractivity contribution in [2.24, 2.45) is 5.92 Å². The lowest BCUT2D eigenvalue weighted by Gasteiger charge is -2.25. The molecule has 0 fully saturated rings. The maximum absolute atomic E-state index is 12.7. The van der Waals surface area contributed by atoms with Gasteiger partial charge in [0.15, 0.2) is 0 Å². The Bertz CT molecular complexity index is 645. The maximum atomic E-state index is 12.7. The van der Waals surface area contributed by atoms with Gasteiger partial charge in [0, 0.05) is 11.5 Å². The van der Waals surface area contributed by atoms with Crippen LogP contribution in [-0.2, 0) is 25.3 Å². The molecule has 0 N–H and O–H groups in total. The average Bonchev–Trinajstić information content (AvgIpc) is 2.49. The third-order valence-electron chi connectivity index (χ3n) is 3.63. The first-order valence-corrected chi connectivity index (χ1v) is 6.95. The summed E-state index contributed by atoms with van der Waals surface area (Å²) in [4.78, 5) is 35.5. The molecule has 1 rings (SSSR count). The average molecular weight is 342 g/mol. The number of alkyl halides is 3. The molecule has 1 aromatic rings. The predicted molar refractivity (Wildman–Crippen MR) is 80.2 cm³/mol. The fourth-order valence-electron chi connectivity index (χ4n) is 2.49. The number of hydrogen-bond donors (Lipinski definition) is 0. The summed E-state index contributed by atoms with van der Waals surface area (Å²) < 4.78 is 42.6. The van der Waals surface area contributed by atoms with Crippen LogP contribution in [0.5, 0.6) is 0 Å². The number of ketones is 2. The van der Waals surface area contributed by atoms with Crippen LogP contribution in [0.1, 0.15) is 30.9 Å². The van der Waals surface area contributed by atoms with E-state index in [-0.39, 0.29) is 11.1 Å². The van der Waals surface area contributed by atoms with Crippen LogP contribution in [0, 0.1) is 5.92 Å². The van der Waals surface area contributed by atoms with Crippen LogP contribution in [0.25, 0.3) is 0 Å². The lowest BCUT2D eigenvalue weighted by molar-refractivity contribution is -0.138. The number of methoxy groups -OCH3 is 1. The monoisotopic (exact) mass is 342 g/mol. The predicted octanol–water partition coefficient (Wildman–Crippen LogP) is 3.31. The van der Waals surface area contributed by atoms with Crippen molar-refractivity contribution in [1.29, 1.82) is 0 Å². The van der Waals surface area contributed by atoms with Crippen molar-refractivity contribution in [1.82, 2.24) is 0 Å². The molecule has 0 radical (unpaired) electrons. The minimum atomic E-state index is -4.52. The van der Waals surface area contributed by atoms with Crippen molar-refractivity contribution in [3.63, 3.8) is 0 Å². The molecule has 130 valence electrons. The summed E-state index contributed by atoms with van der Waals surface area (Å²) in [6.45, 7) is 5.91. The Morgan fingerprint density at radius 1 is 1.04 bits per heavy atom. The molecule has 0 aliphatic heterocycles. The quantitative estimate of drug-likeness (QED) is 0.452. The lowest BCUT2D eigenvalue weighted by atomic mass is 9.77. The highest BCUT2D eigenvalue weighted by Crippen LogP contribution is 2.36. The number of carbonyl (C=O) groups is 3. The largest absolute Gasteiger partial charge is 0.466 e. The maximum Gasteiger partial charge on any atom is 0.416 e. The number of halogens is 3. The normalized spacial score (nSPS) is 12.6. The van der Waals surface area contributed by atoms with Gasteiger partial charge < -0.3 is 4.74 Å². The number of hydrogen-bond acceptors (Lipinski definition) is 4. The molecule has 0 aromatic heterocycles. The van der Waals surface area contributed by atoms with Gasteiger partial charge in [0.05, 0.1) is 18.6 Å². The number of ether oxygens (including phenoxy) is 1. The second kappa shape index (κ2) is 7.42. The van der Waals surface area contributed by atoms with Crippen LogP contribution in [-0.4, -0.2) is 24.6 Å². The van der Waals surface area contributed by atoms with Gasteiger partial charge in [0.2, 0.25) is 0 Å². The smallest absolute Gasteiger partial charge is 0.416 e. The number of carbonyl (C=O) groups excluding carboxylic acids is 3. The highest BCUT2D eigenvalue weighted by molar-refractivity contribution is 6.03. The first-order chi connectivity index (χ1) is 11.0. The molecule has 4 nitrogen and oxygen atoms in total. The fourth-order valence-corrected chi connectivity index (χ4v) is 2.49. The molecule has 0 saturated heterocycles. The number of esters is 1. The zero-order valence-electron chi connectivity index (χ0n) is 13.4. The van der Waals surface area contributed by atoms with Gasteiger partial charge in [-0.05, 0) is 31.5 Å². The van der Waals surface area contributed by atoms with Crippen LogP contribution < -0.4 is 0 Å². The van der Waals surface area contributed by atoms with Crippen LogP contribution in [0.15, 0.2) is 36.4 Å². The topological polar surface area (TPSA) is 60.4 Å². The van der Waals surface area contributed by atoms with Gasteiger partial charge in [0.25, 0.3) is 0 Å². The molecule has 0 amide bonds.